The van der Waals surface area contributed by atoms with Gasteiger partial charge in [-0.2, -0.15) is 4.98 Å². The zero-order valence-corrected chi connectivity index (χ0v) is 13.2. The first-order valence-electron chi connectivity index (χ1n) is 6.93. The van der Waals surface area contributed by atoms with Gasteiger partial charge >= 0.3 is 0 Å². The van der Waals surface area contributed by atoms with Crippen molar-refractivity contribution in [1.29, 1.82) is 0 Å². The van der Waals surface area contributed by atoms with E-state index in [2.05, 4.69) is 60.3 Å². The fourth-order valence-electron chi connectivity index (χ4n) is 2.27. The van der Waals surface area contributed by atoms with Crippen molar-refractivity contribution < 1.29 is 0 Å². The summed E-state index contributed by atoms with van der Waals surface area (Å²) in [4.78, 5) is 10.8. The van der Waals surface area contributed by atoms with E-state index in [1.54, 1.807) is 11.3 Å². The van der Waals surface area contributed by atoms with Crippen LogP contribution in [0, 0.1) is 6.92 Å². The van der Waals surface area contributed by atoms with Crippen molar-refractivity contribution in [2.75, 3.05) is 11.1 Å². The molecule has 0 unspecified atom stereocenters. The lowest BCUT2D eigenvalue weighted by Crippen LogP contribution is -2.00. The lowest BCUT2D eigenvalue weighted by molar-refractivity contribution is 0.867. The van der Waals surface area contributed by atoms with Gasteiger partial charge in [0, 0.05) is 10.6 Å². The maximum Gasteiger partial charge on any atom is 0.223 e. The molecule has 4 nitrogen and oxygen atoms in total. The number of nitrogens with zero attached hydrogens (tertiary/aromatic N) is 2. The molecule has 0 bridgehead atoms. The van der Waals surface area contributed by atoms with Crippen molar-refractivity contribution in [2.24, 2.45) is 0 Å². The van der Waals surface area contributed by atoms with Gasteiger partial charge in [0.25, 0.3) is 0 Å². The Morgan fingerprint density at radius 1 is 1.19 bits per heavy atom. The summed E-state index contributed by atoms with van der Waals surface area (Å²) >= 11 is 1.63. The van der Waals surface area contributed by atoms with Gasteiger partial charge in [-0.15, -0.1) is 11.3 Å². The van der Waals surface area contributed by atoms with Crippen LogP contribution in [0.4, 0.5) is 17.5 Å². The summed E-state index contributed by atoms with van der Waals surface area (Å²) in [5.74, 6) is 1.56. The smallest absolute Gasteiger partial charge is 0.223 e. The fraction of sp³-hybridized carbons (Fsp3) is 0.250. The van der Waals surface area contributed by atoms with Crippen LogP contribution >= 0.6 is 11.3 Å². The second-order valence-electron chi connectivity index (χ2n) is 5.41. The highest BCUT2D eigenvalue weighted by atomic mass is 32.1. The minimum atomic E-state index is 0.298. The van der Waals surface area contributed by atoms with E-state index in [1.807, 2.05) is 6.07 Å². The molecule has 0 atom stereocenters. The summed E-state index contributed by atoms with van der Waals surface area (Å²) in [6.45, 7) is 6.43. The molecule has 1 aromatic carbocycles. The summed E-state index contributed by atoms with van der Waals surface area (Å²) in [6.07, 6.45) is 0. The summed E-state index contributed by atoms with van der Waals surface area (Å²) < 4.78 is 0. The Morgan fingerprint density at radius 2 is 2.00 bits per heavy atom. The number of aryl methyl sites for hydroxylation is 1. The Labute approximate surface area is 128 Å². The minimum Gasteiger partial charge on any atom is -0.368 e. The molecule has 0 spiro atoms. The molecular formula is C16H18N4S. The van der Waals surface area contributed by atoms with Gasteiger partial charge in [0.1, 0.15) is 10.6 Å². The number of nitrogens with one attached hydrogen (secondary N) is 1. The van der Waals surface area contributed by atoms with Crippen LogP contribution in [0.1, 0.15) is 30.2 Å². The number of benzene rings is 1. The topological polar surface area (TPSA) is 63.8 Å². The van der Waals surface area contributed by atoms with E-state index >= 15 is 0 Å². The van der Waals surface area contributed by atoms with Crippen molar-refractivity contribution in [3.63, 3.8) is 0 Å². The van der Waals surface area contributed by atoms with Crippen molar-refractivity contribution in [3.8, 4) is 0 Å². The van der Waals surface area contributed by atoms with Gasteiger partial charge in [0.2, 0.25) is 5.95 Å². The number of hydrogen-bond donors (Lipinski definition) is 2. The molecule has 21 heavy (non-hydrogen) atoms. The summed E-state index contributed by atoms with van der Waals surface area (Å²) in [6, 6.07) is 10.5. The molecular weight excluding hydrogens is 280 g/mol. The first-order chi connectivity index (χ1) is 10.0. The molecule has 3 aromatic rings. The Morgan fingerprint density at radius 3 is 2.76 bits per heavy atom. The molecule has 2 aromatic heterocycles. The quantitative estimate of drug-likeness (QED) is 0.750. The van der Waals surface area contributed by atoms with Crippen molar-refractivity contribution in [2.45, 2.75) is 26.7 Å². The highest BCUT2D eigenvalue weighted by Gasteiger charge is 2.10. The van der Waals surface area contributed by atoms with Gasteiger partial charge in [-0.25, -0.2) is 4.98 Å². The summed E-state index contributed by atoms with van der Waals surface area (Å²) in [5.41, 5.74) is 8.12. The third kappa shape index (κ3) is 2.83. The highest BCUT2D eigenvalue weighted by molar-refractivity contribution is 7.18. The average molecular weight is 298 g/mol. The van der Waals surface area contributed by atoms with Crippen LogP contribution in [-0.2, 0) is 0 Å². The van der Waals surface area contributed by atoms with Crippen LogP contribution in [0.25, 0.3) is 10.2 Å². The van der Waals surface area contributed by atoms with E-state index in [4.69, 9.17) is 5.73 Å². The molecule has 0 radical (unpaired) electrons. The molecule has 0 amide bonds. The maximum atomic E-state index is 5.81. The number of hydrogen-bond acceptors (Lipinski definition) is 5. The van der Waals surface area contributed by atoms with Gasteiger partial charge in [0.05, 0.1) is 5.39 Å². The Hall–Kier alpha value is -2.14. The second kappa shape index (κ2) is 5.33. The summed E-state index contributed by atoms with van der Waals surface area (Å²) in [5, 5.41) is 4.39. The van der Waals surface area contributed by atoms with E-state index < -0.39 is 0 Å². The maximum absolute atomic E-state index is 5.81. The van der Waals surface area contributed by atoms with Crippen LogP contribution in [0.2, 0.25) is 0 Å². The standard InChI is InChI=1S/C16H18N4S/c1-9(2)11-5-4-6-12(8-11)18-14-13-7-10(3)21-15(13)20-16(17)19-14/h4-9H,1-3H3,(H3,17,18,19,20). The number of rotatable bonds is 3. The number of nitrogens with two attached hydrogens (primary N) is 1. The van der Waals surface area contributed by atoms with Crippen LogP contribution < -0.4 is 11.1 Å². The molecule has 0 aliphatic carbocycles. The van der Waals surface area contributed by atoms with E-state index in [0.29, 0.717) is 11.9 Å². The minimum absolute atomic E-state index is 0.298. The van der Waals surface area contributed by atoms with Crippen molar-refractivity contribution >= 4 is 39.0 Å². The molecule has 2 heterocycles. The van der Waals surface area contributed by atoms with Crippen LogP contribution in [-0.4, -0.2) is 9.97 Å². The molecule has 0 saturated carbocycles. The molecule has 3 N–H and O–H groups in total. The molecule has 0 fully saturated rings. The normalized spacial score (nSPS) is 11.2. The lowest BCUT2D eigenvalue weighted by atomic mass is 10.0. The number of fused-ring (bicyclic) bond motifs is 1. The second-order valence-corrected chi connectivity index (χ2v) is 6.65. The van der Waals surface area contributed by atoms with Gasteiger partial charge in [-0.3, -0.25) is 0 Å². The van der Waals surface area contributed by atoms with Crippen LogP contribution in [0.15, 0.2) is 30.3 Å². The predicted molar refractivity (Wildman–Crippen MR) is 90.4 cm³/mol. The average Bonchev–Trinajstić information content (AvgIpc) is 2.79. The Balaban J connectivity index is 2.03. The molecule has 3 rings (SSSR count). The first kappa shape index (κ1) is 13.8. The van der Waals surface area contributed by atoms with E-state index in [0.717, 1.165) is 21.7 Å². The predicted octanol–water partition coefficient (Wildman–Crippen LogP) is 4.45. The Bertz CT molecular complexity index is 792. The number of anilines is 3. The van der Waals surface area contributed by atoms with Gasteiger partial charge in [-0.05, 0) is 36.6 Å². The molecule has 0 saturated heterocycles. The SMILES string of the molecule is Cc1cc2c(Nc3cccc(C(C)C)c3)nc(N)nc2s1. The third-order valence-corrected chi connectivity index (χ3v) is 4.29. The van der Waals surface area contributed by atoms with E-state index in [1.165, 1.54) is 10.4 Å². The van der Waals surface area contributed by atoms with E-state index in [-0.39, 0.29) is 0 Å². The van der Waals surface area contributed by atoms with Crippen molar-refractivity contribution in [1.82, 2.24) is 9.97 Å². The third-order valence-electron chi connectivity index (χ3n) is 3.35. The molecule has 5 heteroatoms. The highest BCUT2D eigenvalue weighted by Crippen LogP contribution is 2.31. The molecule has 108 valence electrons. The van der Waals surface area contributed by atoms with Crippen LogP contribution in [0.5, 0.6) is 0 Å². The van der Waals surface area contributed by atoms with Gasteiger partial charge < -0.3 is 11.1 Å². The number of aromatic nitrogens is 2. The lowest BCUT2D eigenvalue weighted by Gasteiger charge is -2.10. The van der Waals surface area contributed by atoms with Gasteiger partial charge in [0.15, 0.2) is 0 Å². The largest absolute Gasteiger partial charge is 0.368 e. The molecule has 0 aliphatic rings. The van der Waals surface area contributed by atoms with Crippen LogP contribution in [0.3, 0.4) is 0 Å². The van der Waals surface area contributed by atoms with Crippen molar-refractivity contribution in [3.05, 3.63) is 40.8 Å². The zero-order chi connectivity index (χ0) is 15.0. The number of nitrogen functional groups attached to an aromatic ring is 1. The molecule has 0 aliphatic heterocycles. The zero-order valence-electron chi connectivity index (χ0n) is 12.3. The first-order valence-corrected chi connectivity index (χ1v) is 7.75. The number of thiophene rings is 1. The fourth-order valence-corrected chi connectivity index (χ4v) is 3.15. The van der Waals surface area contributed by atoms with Gasteiger partial charge in [-0.1, -0.05) is 26.0 Å². The Kier molecular flexibility index (Phi) is 3.51. The monoisotopic (exact) mass is 298 g/mol. The van der Waals surface area contributed by atoms with E-state index in [9.17, 15) is 0 Å². The summed E-state index contributed by atoms with van der Waals surface area (Å²) in [7, 11) is 0.